The molecular formula is C70H45NO. The first kappa shape index (κ1) is 39.8. The highest BCUT2D eigenvalue weighted by molar-refractivity contribution is 6.34. The first-order valence-electron chi connectivity index (χ1n) is 25.2. The Kier molecular flexibility index (Phi) is 7.92. The molecule has 0 aliphatic heterocycles. The van der Waals surface area contributed by atoms with Gasteiger partial charge in [0.15, 0.2) is 0 Å². The summed E-state index contributed by atoms with van der Waals surface area (Å²) in [5.41, 5.74) is 22.8. The SMILES string of the molecule is CC1(C)c2ccccc2-c2cccc(N(c3cccc(-c4ccc5c6ccccc6c6c(ccc7oc8ccccc8c76)c5c4)c3)c3ccc4c(c3)C3(c5ccccc5-c5ccccc53)c3ccccc3-4)c21. The smallest absolute Gasteiger partial charge is 0.136 e. The molecule has 12 aromatic carbocycles. The Morgan fingerprint density at radius 1 is 0.319 bits per heavy atom. The van der Waals surface area contributed by atoms with Gasteiger partial charge in [-0.05, 0) is 159 Å². The average molecular weight is 916 g/mol. The molecule has 16 rings (SSSR count). The van der Waals surface area contributed by atoms with E-state index in [2.05, 4.69) is 255 Å². The van der Waals surface area contributed by atoms with Crippen LogP contribution < -0.4 is 4.90 Å². The van der Waals surface area contributed by atoms with Gasteiger partial charge in [0, 0.05) is 32.9 Å². The molecule has 13 aromatic rings. The van der Waals surface area contributed by atoms with Crippen LogP contribution in [0.15, 0.2) is 241 Å². The standard InChI is InChI=1S/C70H45NO/c1-69(2)58-27-10-5-23-51(58)55-26-16-31-63(68(55)69)71(45-34-36-52-50-22-8-13-30-61(50)70(62(52)41-45)59-28-11-6-20-48(59)49-21-7-12-29-60(49)70)44-18-15-17-42(39-44)43-33-35-47-46-19-3-4-24-53(46)66-54(57(47)40-43)37-38-65-67(66)56-25-9-14-32-64(56)72-65/h3-41H,1-2H3. The van der Waals surface area contributed by atoms with Crippen LogP contribution in [0.5, 0.6) is 0 Å². The van der Waals surface area contributed by atoms with Crippen molar-refractivity contribution >= 4 is 71.3 Å². The largest absolute Gasteiger partial charge is 0.456 e. The fraction of sp³-hybridized carbons (Fsp3) is 0.0571. The first-order valence-corrected chi connectivity index (χ1v) is 25.2. The molecule has 0 amide bonds. The fourth-order valence-corrected chi connectivity index (χ4v) is 13.9. The van der Waals surface area contributed by atoms with Crippen molar-refractivity contribution in [3.63, 3.8) is 0 Å². The lowest BCUT2D eigenvalue weighted by molar-refractivity contribution is 0.661. The maximum absolute atomic E-state index is 6.48. The summed E-state index contributed by atoms with van der Waals surface area (Å²) in [6.45, 7) is 4.80. The zero-order valence-electron chi connectivity index (χ0n) is 39.9. The molecule has 1 spiro atoms. The first-order chi connectivity index (χ1) is 35.5. The van der Waals surface area contributed by atoms with Crippen LogP contribution in [0.1, 0.15) is 47.2 Å². The van der Waals surface area contributed by atoms with Crippen LogP contribution in [-0.4, -0.2) is 0 Å². The summed E-state index contributed by atoms with van der Waals surface area (Å²) >= 11 is 0. The molecule has 0 saturated heterocycles. The number of para-hydroxylation sites is 1. The second kappa shape index (κ2) is 14.3. The lowest BCUT2D eigenvalue weighted by Gasteiger charge is -2.34. The molecule has 336 valence electrons. The second-order valence-corrected chi connectivity index (χ2v) is 20.6. The lowest BCUT2D eigenvalue weighted by atomic mass is 9.70. The second-order valence-electron chi connectivity index (χ2n) is 20.6. The molecule has 3 aliphatic carbocycles. The van der Waals surface area contributed by atoms with Crippen molar-refractivity contribution < 1.29 is 4.42 Å². The van der Waals surface area contributed by atoms with E-state index in [1.807, 2.05) is 0 Å². The molecule has 0 saturated carbocycles. The van der Waals surface area contributed by atoms with Gasteiger partial charge in [0.05, 0.1) is 11.1 Å². The van der Waals surface area contributed by atoms with Crippen molar-refractivity contribution in [1.82, 2.24) is 0 Å². The third kappa shape index (κ3) is 5.08. The highest BCUT2D eigenvalue weighted by Gasteiger charge is 2.52. The van der Waals surface area contributed by atoms with E-state index < -0.39 is 5.41 Å². The normalized spacial score (nSPS) is 14.2. The van der Waals surface area contributed by atoms with Crippen molar-refractivity contribution in [2.24, 2.45) is 0 Å². The minimum Gasteiger partial charge on any atom is -0.456 e. The van der Waals surface area contributed by atoms with E-state index in [1.54, 1.807) is 0 Å². The molecule has 0 atom stereocenters. The van der Waals surface area contributed by atoms with E-state index in [1.165, 1.54) is 116 Å². The van der Waals surface area contributed by atoms with Gasteiger partial charge in [-0.25, -0.2) is 0 Å². The lowest BCUT2D eigenvalue weighted by Crippen LogP contribution is -2.26. The van der Waals surface area contributed by atoms with Crippen LogP contribution in [-0.2, 0) is 10.8 Å². The predicted octanol–water partition coefficient (Wildman–Crippen LogP) is 18.8. The Balaban J connectivity index is 0.942. The summed E-state index contributed by atoms with van der Waals surface area (Å²) in [6.07, 6.45) is 0. The number of benzene rings is 12. The molecule has 3 aliphatic rings. The van der Waals surface area contributed by atoms with Gasteiger partial charge in [-0.3, -0.25) is 0 Å². The quantitative estimate of drug-likeness (QED) is 0.164. The monoisotopic (exact) mass is 915 g/mol. The summed E-state index contributed by atoms with van der Waals surface area (Å²) in [4.78, 5) is 2.56. The van der Waals surface area contributed by atoms with Gasteiger partial charge in [0.1, 0.15) is 11.2 Å². The molecule has 0 radical (unpaired) electrons. The van der Waals surface area contributed by atoms with Gasteiger partial charge in [-0.1, -0.05) is 196 Å². The van der Waals surface area contributed by atoms with E-state index in [9.17, 15) is 0 Å². The average Bonchev–Trinajstić information content (AvgIpc) is 4.13. The van der Waals surface area contributed by atoms with Crippen molar-refractivity contribution in [3.05, 3.63) is 270 Å². The van der Waals surface area contributed by atoms with E-state index in [0.29, 0.717) is 0 Å². The van der Waals surface area contributed by atoms with Gasteiger partial charge in [-0.2, -0.15) is 0 Å². The zero-order valence-corrected chi connectivity index (χ0v) is 39.9. The van der Waals surface area contributed by atoms with E-state index >= 15 is 0 Å². The summed E-state index contributed by atoms with van der Waals surface area (Å²) < 4.78 is 6.48. The van der Waals surface area contributed by atoms with E-state index in [-0.39, 0.29) is 5.41 Å². The number of rotatable bonds is 4. The van der Waals surface area contributed by atoms with Crippen LogP contribution in [0.25, 0.3) is 98.8 Å². The third-order valence-electron chi connectivity index (χ3n) is 16.8. The highest BCUT2D eigenvalue weighted by Crippen LogP contribution is 2.64. The zero-order chi connectivity index (χ0) is 47.5. The van der Waals surface area contributed by atoms with Crippen LogP contribution in [0.2, 0.25) is 0 Å². The van der Waals surface area contributed by atoms with Crippen LogP contribution >= 0.6 is 0 Å². The topological polar surface area (TPSA) is 16.4 Å². The highest BCUT2D eigenvalue weighted by atomic mass is 16.3. The molecule has 0 fully saturated rings. The van der Waals surface area contributed by atoms with Gasteiger partial charge in [0.25, 0.3) is 0 Å². The molecule has 0 N–H and O–H groups in total. The van der Waals surface area contributed by atoms with Gasteiger partial charge >= 0.3 is 0 Å². The summed E-state index contributed by atoms with van der Waals surface area (Å²) in [5, 5.41) is 9.76. The van der Waals surface area contributed by atoms with Crippen molar-refractivity contribution in [2.45, 2.75) is 24.7 Å². The third-order valence-corrected chi connectivity index (χ3v) is 16.8. The van der Waals surface area contributed by atoms with Gasteiger partial charge in [0.2, 0.25) is 0 Å². The van der Waals surface area contributed by atoms with E-state index in [4.69, 9.17) is 4.42 Å². The fourth-order valence-electron chi connectivity index (χ4n) is 13.9. The summed E-state index contributed by atoms with van der Waals surface area (Å²) in [7, 11) is 0. The Morgan fingerprint density at radius 3 is 1.58 bits per heavy atom. The number of nitrogens with zero attached hydrogens (tertiary/aromatic N) is 1. The molecule has 2 nitrogen and oxygen atoms in total. The Labute approximate surface area is 417 Å². The molecule has 72 heavy (non-hydrogen) atoms. The number of furan rings is 1. The summed E-state index contributed by atoms with van der Waals surface area (Å²) in [5.74, 6) is 0. The number of anilines is 3. The van der Waals surface area contributed by atoms with Crippen LogP contribution in [0.4, 0.5) is 17.1 Å². The molecular weight excluding hydrogens is 871 g/mol. The van der Waals surface area contributed by atoms with E-state index in [0.717, 1.165) is 33.5 Å². The van der Waals surface area contributed by atoms with Crippen molar-refractivity contribution in [3.8, 4) is 44.5 Å². The van der Waals surface area contributed by atoms with Crippen LogP contribution in [0.3, 0.4) is 0 Å². The molecule has 0 bridgehead atoms. The molecule has 0 unspecified atom stereocenters. The number of hydrogen-bond acceptors (Lipinski definition) is 2. The van der Waals surface area contributed by atoms with Crippen molar-refractivity contribution in [2.75, 3.05) is 4.90 Å². The van der Waals surface area contributed by atoms with Gasteiger partial charge in [-0.15, -0.1) is 0 Å². The maximum Gasteiger partial charge on any atom is 0.136 e. The Hall–Kier alpha value is -8.98. The Bertz CT molecular complexity index is 4450. The number of fused-ring (bicyclic) bond motifs is 23. The Morgan fingerprint density at radius 2 is 0.847 bits per heavy atom. The van der Waals surface area contributed by atoms with Crippen LogP contribution in [0, 0.1) is 0 Å². The predicted molar refractivity (Wildman–Crippen MR) is 300 cm³/mol. The minimum absolute atomic E-state index is 0.246. The molecule has 1 aromatic heterocycles. The maximum atomic E-state index is 6.48. The molecule has 2 heteroatoms. The number of hydrogen-bond donors (Lipinski definition) is 0. The summed E-state index contributed by atoms with van der Waals surface area (Å²) in [6, 6.07) is 88.6. The van der Waals surface area contributed by atoms with Crippen molar-refractivity contribution in [1.29, 1.82) is 0 Å². The van der Waals surface area contributed by atoms with Gasteiger partial charge < -0.3 is 9.32 Å². The molecule has 1 heterocycles. The minimum atomic E-state index is -0.469.